The van der Waals surface area contributed by atoms with Gasteiger partial charge in [0, 0.05) is 5.92 Å². The molecule has 1 aliphatic heterocycles. The first-order valence-corrected chi connectivity index (χ1v) is 9.82. The Labute approximate surface area is 162 Å². The Kier molecular flexibility index (Phi) is 6.40. The van der Waals surface area contributed by atoms with Crippen LogP contribution in [0.1, 0.15) is 45.6 Å². The van der Waals surface area contributed by atoms with Gasteiger partial charge in [-0.3, -0.25) is 0 Å². The standard InChI is InChI=1S/C23H32O4/c1-16(2)6-5-7-17(3)21-22(24)20(12-13-23(21)15-27-23)26-14-18-8-10-19(25-4)11-9-18/h6-11,20-22,24H,5,12-15H2,1-4H3/b17-7+/t20-,21+,22-,23+/m1/s1. The van der Waals surface area contributed by atoms with Gasteiger partial charge >= 0.3 is 0 Å². The molecule has 2 fully saturated rings. The molecule has 148 valence electrons. The third-order valence-corrected chi connectivity index (χ3v) is 5.74. The SMILES string of the molecule is COc1ccc(CO[C@@H]2CC[C@]3(CO3)[C@@H](/C(C)=C/CC=C(C)C)[C@@H]2O)cc1. The number of epoxide rings is 1. The van der Waals surface area contributed by atoms with Crippen molar-refractivity contribution < 1.29 is 19.3 Å². The van der Waals surface area contributed by atoms with E-state index in [1.165, 1.54) is 11.1 Å². The van der Waals surface area contributed by atoms with E-state index in [1.807, 2.05) is 24.3 Å². The largest absolute Gasteiger partial charge is 0.497 e. The molecule has 1 aliphatic carbocycles. The van der Waals surface area contributed by atoms with Crippen molar-refractivity contribution in [2.75, 3.05) is 13.7 Å². The van der Waals surface area contributed by atoms with Crippen LogP contribution in [0.25, 0.3) is 0 Å². The van der Waals surface area contributed by atoms with E-state index in [2.05, 4.69) is 32.9 Å². The van der Waals surface area contributed by atoms with E-state index in [1.54, 1.807) is 7.11 Å². The van der Waals surface area contributed by atoms with Crippen LogP contribution < -0.4 is 4.74 Å². The van der Waals surface area contributed by atoms with Crippen LogP contribution in [0.5, 0.6) is 5.75 Å². The smallest absolute Gasteiger partial charge is 0.118 e. The summed E-state index contributed by atoms with van der Waals surface area (Å²) in [4.78, 5) is 0. The summed E-state index contributed by atoms with van der Waals surface area (Å²) < 4.78 is 17.1. The number of methoxy groups -OCH3 is 1. The molecule has 1 aromatic carbocycles. The molecule has 4 atom stereocenters. The molecule has 0 radical (unpaired) electrons. The Bertz CT molecular complexity index is 681. The summed E-state index contributed by atoms with van der Waals surface area (Å²) in [6, 6.07) is 7.87. The summed E-state index contributed by atoms with van der Waals surface area (Å²) >= 11 is 0. The van der Waals surface area contributed by atoms with E-state index < -0.39 is 6.10 Å². The van der Waals surface area contributed by atoms with Crippen LogP contribution in [0.15, 0.2) is 47.6 Å². The number of ether oxygens (including phenoxy) is 3. The molecule has 3 rings (SSSR count). The molecule has 4 nitrogen and oxygen atoms in total. The molecule has 0 unspecified atom stereocenters. The zero-order valence-electron chi connectivity index (χ0n) is 16.9. The fourth-order valence-electron chi connectivity index (χ4n) is 4.05. The van der Waals surface area contributed by atoms with Gasteiger partial charge in [0.1, 0.15) is 11.4 Å². The van der Waals surface area contributed by atoms with E-state index in [9.17, 15) is 5.11 Å². The number of allylic oxidation sites excluding steroid dienone is 3. The lowest BCUT2D eigenvalue weighted by molar-refractivity contribution is -0.104. The van der Waals surface area contributed by atoms with E-state index in [0.29, 0.717) is 6.61 Å². The highest BCUT2D eigenvalue weighted by Crippen LogP contribution is 2.50. The van der Waals surface area contributed by atoms with Gasteiger partial charge in [0.2, 0.25) is 0 Å². The summed E-state index contributed by atoms with van der Waals surface area (Å²) in [5, 5.41) is 11.1. The van der Waals surface area contributed by atoms with Gasteiger partial charge in [-0.1, -0.05) is 35.4 Å². The van der Waals surface area contributed by atoms with E-state index in [4.69, 9.17) is 14.2 Å². The van der Waals surface area contributed by atoms with Crippen LogP contribution in [0.3, 0.4) is 0 Å². The van der Waals surface area contributed by atoms with Crippen LogP contribution in [-0.2, 0) is 16.1 Å². The molecule has 1 heterocycles. The molecular formula is C23H32O4. The van der Waals surface area contributed by atoms with Gasteiger partial charge in [0.15, 0.2) is 0 Å². The number of hydrogen-bond acceptors (Lipinski definition) is 4. The van der Waals surface area contributed by atoms with Crippen LogP contribution >= 0.6 is 0 Å². The normalized spacial score (nSPS) is 30.3. The molecule has 1 aromatic rings. The van der Waals surface area contributed by atoms with Crippen LogP contribution in [-0.4, -0.2) is 36.6 Å². The van der Waals surface area contributed by atoms with Gasteiger partial charge in [-0.05, 0) is 57.7 Å². The summed E-state index contributed by atoms with van der Waals surface area (Å²) in [5.41, 5.74) is 3.42. The number of aliphatic hydroxyl groups excluding tert-OH is 1. The average Bonchev–Trinajstić information content (AvgIpc) is 3.41. The highest BCUT2D eigenvalue weighted by atomic mass is 16.6. The average molecular weight is 373 g/mol. The molecule has 0 bridgehead atoms. The molecule has 1 spiro atoms. The lowest BCUT2D eigenvalue weighted by Crippen LogP contribution is -2.48. The molecule has 27 heavy (non-hydrogen) atoms. The third kappa shape index (κ3) is 4.81. The van der Waals surface area contributed by atoms with Crippen molar-refractivity contribution >= 4 is 0 Å². The lowest BCUT2D eigenvalue weighted by atomic mass is 9.72. The van der Waals surface area contributed by atoms with Gasteiger partial charge in [-0.2, -0.15) is 0 Å². The Balaban J connectivity index is 1.64. The zero-order chi connectivity index (χ0) is 19.4. The maximum Gasteiger partial charge on any atom is 0.118 e. The van der Waals surface area contributed by atoms with E-state index in [0.717, 1.165) is 37.2 Å². The topological polar surface area (TPSA) is 51.2 Å². The van der Waals surface area contributed by atoms with Crippen molar-refractivity contribution in [3.8, 4) is 5.75 Å². The monoisotopic (exact) mass is 372 g/mol. The number of hydrogen-bond donors (Lipinski definition) is 1. The molecule has 1 saturated carbocycles. The zero-order valence-corrected chi connectivity index (χ0v) is 16.9. The molecule has 1 N–H and O–H groups in total. The predicted octanol–water partition coefficient (Wildman–Crippen LogP) is 4.42. The van der Waals surface area contributed by atoms with Crippen molar-refractivity contribution in [3.05, 3.63) is 53.1 Å². The second kappa shape index (κ2) is 8.59. The second-order valence-electron chi connectivity index (χ2n) is 8.02. The number of rotatable bonds is 7. The quantitative estimate of drug-likeness (QED) is 0.568. The van der Waals surface area contributed by atoms with Crippen molar-refractivity contribution in [2.45, 2.75) is 64.4 Å². The van der Waals surface area contributed by atoms with E-state index >= 15 is 0 Å². The molecule has 1 saturated heterocycles. The molecule has 4 heteroatoms. The van der Waals surface area contributed by atoms with Crippen molar-refractivity contribution in [3.63, 3.8) is 0 Å². The minimum atomic E-state index is -0.539. The molecule has 0 amide bonds. The van der Waals surface area contributed by atoms with Gasteiger partial charge in [-0.15, -0.1) is 0 Å². The summed E-state index contributed by atoms with van der Waals surface area (Å²) in [5.74, 6) is 0.846. The first-order valence-electron chi connectivity index (χ1n) is 9.82. The van der Waals surface area contributed by atoms with Crippen molar-refractivity contribution in [1.82, 2.24) is 0 Å². The van der Waals surface area contributed by atoms with E-state index in [-0.39, 0.29) is 17.6 Å². The maximum atomic E-state index is 11.1. The van der Waals surface area contributed by atoms with Crippen LogP contribution in [0.2, 0.25) is 0 Å². The molecular weight excluding hydrogens is 340 g/mol. The third-order valence-electron chi connectivity index (χ3n) is 5.74. The second-order valence-corrected chi connectivity index (χ2v) is 8.02. The highest BCUT2D eigenvalue weighted by molar-refractivity contribution is 5.27. The minimum Gasteiger partial charge on any atom is -0.497 e. The highest BCUT2D eigenvalue weighted by Gasteiger charge is 2.58. The Morgan fingerprint density at radius 3 is 2.52 bits per heavy atom. The van der Waals surface area contributed by atoms with Gasteiger partial charge in [0.25, 0.3) is 0 Å². The van der Waals surface area contributed by atoms with Gasteiger partial charge in [0.05, 0.1) is 32.5 Å². The van der Waals surface area contributed by atoms with Crippen LogP contribution in [0, 0.1) is 5.92 Å². The fraction of sp³-hybridized carbons (Fsp3) is 0.565. The molecule has 0 aromatic heterocycles. The Morgan fingerprint density at radius 1 is 1.22 bits per heavy atom. The Morgan fingerprint density at radius 2 is 1.93 bits per heavy atom. The summed E-state index contributed by atoms with van der Waals surface area (Å²) in [6.07, 6.45) is 6.38. The first kappa shape index (κ1) is 20.1. The minimum absolute atomic E-state index is 0.0117. The Hall–Kier alpha value is -1.62. The fourth-order valence-corrected chi connectivity index (χ4v) is 4.05. The maximum absolute atomic E-state index is 11.1. The van der Waals surface area contributed by atoms with Gasteiger partial charge in [-0.25, -0.2) is 0 Å². The summed E-state index contributed by atoms with van der Waals surface area (Å²) in [6.45, 7) is 7.56. The number of aliphatic hydroxyl groups is 1. The lowest BCUT2D eigenvalue weighted by Gasteiger charge is -2.39. The predicted molar refractivity (Wildman–Crippen MR) is 107 cm³/mol. The van der Waals surface area contributed by atoms with Crippen molar-refractivity contribution in [2.24, 2.45) is 5.92 Å². The molecule has 2 aliphatic rings. The summed E-state index contributed by atoms with van der Waals surface area (Å²) in [7, 11) is 1.66. The van der Waals surface area contributed by atoms with Crippen LogP contribution in [0.4, 0.5) is 0 Å². The first-order chi connectivity index (χ1) is 12.9. The number of benzene rings is 1. The van der Waals surface area contributed by atoms with Gasteiger partial charge < -0.3 is 19.3 Å². The van der Waals surface area contributed by atoms with Crippen molar-refractivity contribution in [1.29, 1.82) is 0 Å².